The van der Waals surface area contributed by atoms with Crippen LogP contribution in [0.15, 0.2) is 26.8 Å². The molecule has 0 saturated heterocycles. The monoisotopic (exact) mass is 752 g/mol. The van der Waals surface area contributed by atoms with E-state index in [1.807, 2.05) is 0 Å². The van der Waals surface area contributed by atoms with Crippen LogP contribution in [0.3, 0.4) is 0 Å². The maximum Gasteiger partial charge on any atom is 0.0708 e. The Morgan fingerprint density at radius 1 is 0.409 bits per heavy atom. The van der Waals surface area contributed by atoms with Crippen molar-refractivity contribution < 1.29 is 0 Å². The van der Waals surface area contributed by atoms with Gasteiger partial charge in [-0.1, -0.05) is 176 Å². The zero-order valence-corrected chi connectivity index (χ0v) is 34.8. The van der Waals surface area contributed by atoms with Crippen molar-refractivity contribution >= 4 is 95.8 Å². The highest BCUT2D eigenvalue weighted by atomic mass is 32.2. The average molecular weight is 753 g/mol. The van der Waals surface area contributed by atoms with E-state index in [9.17, 15) is 0 Å². The number of thioether (sulfide) groups is 6. The van der Waals surface area contributed by atoms with Crippen molar-refractivity contribution in [3.05, 3.63) is 26.8 Å². The molecule has 2 aliphatic rings. The first kappa shape index (κ1) is 42.2. The topological polar surface area (TPSA) is 0 Å². The molecule has 0 saturated carbocycles. The van der Waals surface area contributed by atoms with Gasteiger partial charge in [-0.15, -0.1) is 23.5 Å². The third-order valence-corrected chi connectivity index (χ3v) is 17.6. The van der Waals surface area contributed by atoms with E-state index < -0.39 is 0 Å². The maximum atomic E-state index is 4.32. The SMILES string of the molecule is CCCC1=C(SCCCCCCCCCCCCS)S/C(=C2\SC(CCC)=C(SCCCCCCCCCCCCS)S2)S1. The van der Waals surface area contributed by atoms with Crippen molar-refractivity contribution in [3.63, 3.8) is 0 Å². The third-order valence-electron chi connectivity index (χ3n) is 7.95. The van der Waals surface area contributed by atoms with E-state index in [1.54, 1.807) is 26.8 Å². The zero-order chi connectivity index (χ0) is 31.5. The van der Waals surface area contributed by atoms with E-state index in [2.05, 4.69) is 110 Å². The largest absolute Gasteiger partial charge is 0.179 e. The first-order valence-corrected chi connectivity index (χ1v) is 24.6. The lowest BCUT2D eigenvalue weighted by Crippen LogP contribution is -1.85. The van der Waals surface area contributed by atoms with E-state index >= 15 is 0 Å². The Hall–Kier alpha value is 2.02. The van der Waals surface area contributed by atoms with E-state index in [1.165, 1.54) is 166 Å². The van der Waals surface area contributed by atoms with Gasteiger partial charge in [-0.3, -0.25) is 0 Å². The van der Waals surface area contributed by atoms with E-state index in [0.29, 0.717) is 0 Å². The van der Waals surface area contributed by atoms with Gasteiger partial charge in [0.15, 0.2) is 0 Å². The molecule has 0 aromatic carbocycles. The summed E-state index contributed by atoms with van der Waals surface area (Å²) in [6, 6.07) is 0. The number of allylic oxidation sites excluding steroid dienone is 2. The minimum absolute atomic E-state index is 1.05. The maximum absolute atomic E-state index is 4.32. The van der Waals surface area contributed by atoms with Gasteiger partial charge in [0.05, 0.1) is 16.9 Å². The fourth-order valence-corrected chi connectivity index (χ4v) is 15.1. The van der Waals surface area contributed by atoms with Crippen LogP contribution in [0.1, 0.15) is 168 Å². The van der Waals surface area contributed by atoms with Crippen molar-refractivity contribution in [2.24, 2.45) is 0 Å². The fraction of sp³-hybridized carbons (Fsp3) is 0.833. The summed E-state index contributed by atoms with van der Waals surface area (Å²) in [6.07, 6.45) is 33.0. The minimum atomic E-state index is 1.05. The van der Waals surface area contributed by atoms with Crippen LogP contribution in [0, 0.1) is 0 Å². The fourth-order valence-electron chi connectivity index (χ4n) is 5.36. The van der Waals surface area contributed by atoms with Crippen molar-refractivity contribution in [2.45, 2.75) is 168 Å². The smallest absolute Gasteiger partial charge is 0.0708 e. The van der Waals surface area contributed by atoms with Crippen molar-refractivity contribution in [1.82, 2.24) is 0 Å². The van der Waals surface area contributed by atoms with Crippen LogP contribution < -0.4 is 0 Å². The highest BCUT2D eigenvalue weighted by Gasteiger charge is 2.29. The molecule has 0 radical (unpaired) electrons. The van der Waals surface area contributed by atoms with Crippen LogP contribution >= 0.6 is 95.8 Å². The van der Waals surface area contributed by atoms with Gasteiger partial charge in [0.2, 0.25) is 0 Å². The third kappa shape index (κ3) is 19.9. The van der Waals surface area contributed by atoms with Gasteiger partial charge in [-0.05, 0) is 61.5 Å². The molecule has 2 aliphatic heterocycles. The van der Waals surface area contributed by atoms with Crippen molar-refractivity contribution in [2.75, 3.05) is 23.0 Å². The van der Waals surface area contributed by atoms with E-state index in [-0.39, 0.29) is 0 Å². The normalized spacial score (nSPS) is 17.2. The Morgan fingerprint density at radius 3 is 1.00 bits per heavy atom. The number of hydrogen-bond acceptors (Lipinski definition) is 8. The summed E-state index contributed by atoms with van der Waals surface area (Å²) in [6.45, 7) is 4.68. The second-order valence-corrected chi connectivity index (χ2v) is 20.5. The highest BCUT2D eigenvalue weighted by Crippen LogP contribution is 2.64. The van der Waals surface area contributed by atoms with Gasteiger partial charge in [-0.25, -0.2) is 0 Å². The summed E-state index contributed by atoms with van der Waals surface area (Å²) in [7, 11) is 0. The lowest BCUT2D eigenvalue weighted by Gasteiger charge is -2.05. The molecule has 0 amide bonds. The number of rotatable bonds is 30. The van der Waals surface area contributed by atoms with E-state index in [4.69, 9.17) is 0 Å². The molecule has 0 bridgehead atoms. The molecule has 2 heterocycles. The number of unbranched alkanes of at least 4 members (excludes halogenated alkanes) is 18. The first-order valence-electron chi connectivity index (χ1n) is 18.1. The van der Waals surface area contributed by atoms with Crippen LogP contribution in [-0.2, 0) is 0 Å². The minimum Gasteiger partial charge on any atom is -0.179 e. The van der Waals surface area contributed by atoms with Gasteiger partial charge < -0.3 is 0 Å². The Labute approximate surface area is 310 Å². The van der Waals surface area contributed by atoms with Gasteiger partial charge in [0.25, 0.3) is 0 Å². The van der Waals surface area contributed by atoms with E-state index in [0.717, 1.165) is 11.5 Å². The number of thiol groups is 2. The van der Waals surface area contributed by atoms with Gasteiger partial charge in [-0.2, -0.15) is 25.3 Å². The molecular formula is C36H64S8. The second-order valence-electron chi connectivity index (χ2n) is 12.1. The molecule has 0 aromatic heterocycles. The van der Waals surface area contributed by atoms with Crippen LogP contribution in [0.5, 0.6) is 0 Å². The summed E-state index contributed by atoms with van der Waals surface area (Å²) >= 11 is 21.4. The molecule has 8 heteroatoms. The predicted molar refractivity (Wildman–Crippen MR) is 226 cm³/mol. The summed E-state index contributed by atoms with van der Waals surface area (Å²) < 4.78 is 6.40. The van der Waals surface area contributed by atoms with Crippen LogP contribution in [0.4, 0.5) is 0 Å². The van der Waals surface area contributed by atoms with Gasteiger partial charge >= 0.3 is 0 Å². The quantitative estimate of drug-likeness (QED) is 0.0550. The molecule has 0 nitrogen and oxygen atoms in total. The summed E-state index contributed by atoms with van der Waals surface area (Å²) in [4.78, 5) is 3.31. The Morgan fingerprint density at radius 2 is 0.705 bits per heavy atom. The van der Waals surface area contributed by atoms with Crippen LogP contribution in [0.2, 0.25) is 0 Å². The second kappa shape index (κ2) is 29.9. The van der Waals surface area contributed by atoms with Crippen molar-refractivity contribution in [1.29, 1.82) is 0 Å². The Bertz CT molecular complexity index is 753. The molecule has 0 aliphatic carbocycles. The predicted octanol–water partition coefficient (Wildman–Crippen LogP) is 16.1. The van der Waals surface area contributed by atoms with Gasteiger partial charge in [0.1, 0.15) is 0 Å². The molecule has 44 heavy (non-hydrogen) atoms. The average Bonchev–Trinajstić information content (AvgIpc) is 3.62. The lowest BCUT2D eigenvalue weighted by molar-refractivity contribution is 0.564. The molecule has 2 rings (SSSR count). The van der Waals surface area contributed by atoms with Crippen LogP contribution in [-0.4, -0.2) is 23.0 Å². The zero-order valence-electron chi connectivity index (χ0n) is 28.1. The molecule has 0 aromatic rings. The summed E-state index contributed by atoms with van der Waals surface area (Å²) in [5, 5.41) is 0. The molecule has 0 unspecified atom stereocenters. The lowest BCUT2D eigenvalue weighted by atomic mass is 10.1. The molecular weight excluding hydrogens is 689 g/mol. The highest BCUT2D eigenvalue weighted by molar-refractivity contribution is 8.40. The Kier molecular flexibility index (Phi) is 28.7. The number of hydrogen-bond donors (Lipinski definition) is 2. The van der Waals surface area contributed by atoms with Crippen molar-refractivity contribution in [3.8, 4) is 0 Å². The molecule has 256 valence electrons. The van der Waals surface area contributed by atoms with Crippen LogP contribution in [0.25, 0.3) is 0 Å². The molecule has 0 spiro atoms. The summed E-state index contributed by atoms with van der Waals surface area (Å²) in [5.41, 5.74) is 0. The molecule has 0 N–H and O–H groups in total. The molecule has 0 atom stereocenters. The van der Waals surface area contributed by atoms with Gasteiger partial charge in [0, 0.05) is 9.81 Å². The Balaban J connectivity index is 1.65. The first-order chi connectivity index (χ1) is 21.7. The summed E-state index contributed by atoms with van der Waals surface area (Å²) in [5.74, 6) is 4.69. The molecule has 0 fully saturated rings. The standard InChI is InChI=1S/C36H64S8/c1-3-25-31-33(39-29-23-19-15-11-7-5-9-13-17-21-27-37)43-35(41-31)36-42-32(26-4-2)34(44-36)40-30-24-20-16-12-8-6-10-14-18-22-28-38/h37-38H,3-30H2,1-2H3/b36-35+.